The van der Waals surface area contributed by atoms with Crippen molar-refractivity contribution in [2.24, 2.45) is 0 Å². The zero-order valence-corrected chi connectivity index (χ0v) is 19.2. The maximum atomic E-state index is 13.7. The number of anilines is 2. The lowest BCUT2D eigenvalue weighted by Crippen LogP contribution is -2.38. The highest BCUT2D eigenvalue weighted by Crippen LogP contribution is 2.31. The zero-order chi connectivity index (χ0) is 24.0. The molecule has 33 heavy (non-hydrogen) atoms. The fourth-order valence-electron chi connectivity index (χ4n) is 3.17. The van der Waals surface area contributed by atoms with Crippen LogP contribution >= 0.6 is 0 Å². The third-order valence-electron chi connectivity index (χ3n) is 4.81. The molecule has 0 atom stereocenters. The molecule has 1 amide bonds. The Bertz CT molecular complexity index is 1300. The number of rotatable bonds is 8. The second-order valence-electron chi connectivity index (χ2n) is 7.10. The van der Waals surface area contributed by atoms with Gasteiger partial charge in [0.05, 0.1) is 31.5 Å². The van der Waals surface area contributed by atoms with Gasteiger partial charge < -0.3 is 14.8 Å². The Morgan fingerprint density at radius 1 is 1.03 bits per heavy atom. The number of hydrogen-bond acceptors (Lipinski definition) is 6. The molecule has 0 saturated carbocycles. The lowest BCUT2D eigenvalue weighted by atomic mass is 10.2. The predicted molar refractivity (Wildman–Crippen MR) is 125 cm³/mol. The quantitative estimate of drug-likeness (QED) is 0.543. The fraction of sp³-hybridized carbons (Fsp3) is 0.167. The van der Waals surface area contributed by atoms with E-state index in [4.69, 9.17) is 14.7 Å². The minimum atomic E-state index is -4.18. The number of carbonyl (C=O) groups excluding carboxylic acids is 1. The van der Waals surface area contributed by atoms with Crippen molar-refractivity contribution in [3.63, 3.8) is 0 Å². The molecule has 0 fully saturated rings. The first kappa shape index (κ1) is 23.6. The lowest BCUT2D eigenvalue weighted by Gasteiger charge is -2.25. The minimum absolute atomic E-state index is 0.0555. The van der Waals surface area contributed by atoms with Crippen molar-refractivity contribution < 1.29 is 22.7 Å². The molecule has 0 unspecified atom stereocenters. The average Bonchev–Trinajstić information content (AvgIpc) is 2.82. The van der Waals surface area contributed by atoms with Gasteiger partial charge in [-0.3, -0.25) is 9.10 Å². The normalized spacial score (nSPS) is 10.7. The highest BCUT2D eigenvalue weighted by molar-refractivity contribution is 7.93. The molecule has 3 aromatic carbocycles. The van der Waals surface area contributed by atoms with Gasteiger partial charge >= 0.3 is 0 Å². The predicted octanol–water partition coefficient (Wildman–Crippen LogP) is 3.72. The molecule has 0 spiro atoms. The number of nitriles is 1. The second-order valence-corrected chi connectivity index (χ2v) is 8.94. The number of methoxy groups -OCH3 is 2. The summed E-state index contributed by atoms with van der Waals surface area (Å²) in [4.78, 5) is 12.8. The summed E-state index contributed by atoms with van der Waals surface area (Å²) in [5, 5.41) is 11.7. The van der Waals surface area contributed by atoms with Crippen LogP contribution in [0.1, 0.15) is 11.1 Å². The third-order valence-corrected chi connectivity index (χ3v) is 6.61. The van der Waals surface area contributed by atoms with Crippen LogP contribution in [0.15, 0.2) is 71.6 Å². The summed E-state index contributed by atoms with van der Waals surface area (Å²) < 4.78 is 38.8. The van der Waals surface area contributed by atoms with E-state index >= 15 is 0 Å². The van der Waals surface area contributed by atoms with Crippen molar-refractivity contribution in [2.75, 3.05) is 30.4 Å². The van der Waals surface area contributed by atoms with Crippen molar-refractivity contribution in [1.29, 1.82) is 5.26 Å². The van der Waals surface area contributed by atoms with Crippen LogP contribution in [-0.2, 0) is 14.8 Å². The van der Waals surface area contributed by atoms with E-state index in [-0.39, 0.29) is 16.3 Å². The Kier molecular flexibility index (Phi) is 7.20. The molecule has 0 aliphatic carbocycles. The van der Waals surface area contributed by atoms with Crippen molar-refractivity contribution >= 4 is 27.3 Å². The Labute approximate surface area is 193 Å². The maximum absolute atomic E-state index is 13.7. The van der Waals surface area contributed by atoms with Crippen molar-refractivity contribution in [3.05, 3.63) is 77.9 Å². The zero-order valence-electron chi connectivity index (χ0n) is 18.4. The molecule has 0 saturated heterocycles. The summed E-state index contributed by atoms with van der Waals surface area (Å²) in [5.41, 5.74) is 1.76. The van der Waals surface area contributed by atoms with Gasteiger partial charge in [0, 0.05) is 5.69 Å². The van der Waals surface area contributed by atoms with E-state index in [9.17, 15) is 13.2 Å². The van der Waals surface area contributed by atoms with Crippen LogP contribution < -0.4 is 19.1 Å². The molecule has 0 heterocycles. The van der Waals surface area contributed by atoms with Crippen LogP contribution in [0.3, 0.4) is 0 Å². The van der Waals surface area contributed by atoms with Gasteiger partial charge in [0.25, 0.3) is 10.0 Å². The summed E-state index contributed by atoms with van der Waals surface area (Å²) in [6, 6.07) is 19.5. The monoisotopic (exact) mass is 465 g/mol. The SMILES string of the molecule is COc1ccc(N(CC(=O)Nc2cccc(C#N)c2)S(=O)(=O)c2cc(C)ccc2OC)cc1. The Morgan fingerprint density at radius 3 is 2.39 bits per heavy atom. The van der Waals surface area contributed by atoms with Crippen LogP contribution in [0, 0.1) is 18.3 Å². The molecule has 0 radical (unpaired) electrons. The molecular formula is C24H23N3O5S. The minimum Gasteiger partial charge on any atom is -0.497 e. The van der Waals surface area contributed by atoms with Gasteiger partial charge in [0.15, 0.2) is 0 Å². The van der Waals surface area contributed by atoms with Gasteiger partial charge in [0.1, 0.15) is 22.9 Å². The molecule has 0 aliphatic heterocycles. The summed E-state index contributed by atoms with van der Waals surface area (Å²) in [7, 11) is -1.30. The molecule has 1 N–H and O–H groups in total. The Balaban J connectivity index is 2.01. The molecule has 0 aliphatic rings. The number of benzene rings is 3. The number of aryl methyl sites for hydroxylation is 1. The van der Waals surface area contributed by atoms with Crippen LogP contribution in [0.5, 0.6) is 11.5 Å². The number of amides is 1. The standard InChI is InChI=1S/C24H23N3O5S/c1-17-7-12-22(32-3)23(13-17)33(29,30)27(20-8-10-21(31-2)11-9-20)16-24(28)26-19-6-4-5-18(14-19)15-25/h4-14H,16H2,1-3H3,(H,26,28). The van der Waals surface area contributed by atoms with Crippen LogP contribution in [0.25, 0.3) is 0 Å². The third kappa shape index (κ3) is 5.42. The van der Waals surface area contributed by atoms with Crippen molar-refractivity contribution in [1.82, 2.24) is 0 Å². The van der Waals surface area contributed by atoms with Gasteiger partial charge in [-0.25, -0.2) is 8.42 Å². The van der Waals surface area contributed by atoms with Crippen LogP contribution in [0.2, 0.25) is 0 Å². The molecule has 3 rings (SSSR count). The Morgan fingerprint density at radius 2 is 1.76 bits per heavy atom. The fourth-order valence-corrected chi connectivity index (χ4v) is 4.83. The topological polar surface area (TPSA) is 109 Å². The molecule has 8 nitrogen and oxygen atoms in total. The first-order valence-electron chi connectivity index (χ1n) is 9.90. The van der Waals surface area contributed by atoms with Gasteiger partial charge in [-0.2, -0.15) is 5.26 Å². The van der Waals surface area contributed by atoms with E-state index in [1.807, 2.05) is 6.07 Å². The molecule has 0 bridgehead atoms. The van der Waals surface area contributed by atoms with Crippen LogP contribution in [0.4, 0.5) is 11.4 Å². The molecule has 3 aromatic rings. The van der Waals surface area contributed by atoms with Crippen LogP contribution in [-0.4, -0.2) is 35.1 Å². The smallest absolute Gasteiger partial charge is 0.268 e. The first-order valence-corrected chi connectivity index (χ1v) is 11.3. The summed E-state index contributed by atoms with van der Waals surface area (Å²) in [6.07, 6.45) is 0. The molecule has 0 aromatic heterocycles. The number of nitrogens with one attached hydrogen (secondary N) is 1. The maximum Gasteiger partial charge on any atom is 0.268 e. The number of ether oxygens (including phenoxy) is 2. The summed E-state index contributed by atoms with van der Waals surface area (Å²) in [5.74, 6) is 0.138. The van der Waals surface area contributed by atoms with E-state index in [2.05, 4.69) is 5.32 Å². The number of carbonyl (C=O) groups is 1. The van der Waals surface area contributed by atoms with E-state index in [1.165, 1.54) is 26.4 Å². The van der Waals surface area contributed by atoms with E-state index in [0.717, 1.165) is 9.87 Å². The van der Waals surface area contributed by atoms with E-state index in [0.29, 0.717) is 17.0 Å². The largest absolute Gasteiger partial charge is 0.497 e. The van der Waals surface area contributed by atoms with Gasteiger partial charge in [-0.05, 0) is 67.1 Å². The van der Waals surface area contributed by atoms with E-state index < -0.39 is 22.5 Å². The molecule has 9 heteroatoms. The van der Waals surface area contributed by atoms with Gasteiger partial charge in [-0.15, -0.1) is 0 Å². The highest BCUT2D eigenvalue weighted by atomic mass is 32.2. The molecule has 170 valence electrons. The van der Waals surface area contributed by atoms with Gasteiger partial charge in [0.2, 0.25) is 5.91 Å². The van der Waals surface area contributed by atoms with Crippen molar-refractivity contribution in [2.45, 2.75) is 11.8 Å². The van der Waals surface area contributed by atoms with E-state index in [1.54, 1.807) is 61.5 Å². The first-order chi connectivity index (χ1) is 15.8. The number of sulfonamides is 1. The lowest BCUT2D eigenvalue weighted by molar-refractivity contribution is -0.114. The second kappa shape index (κ2) is 10.1. The summed E-state index contributed by atoms with van der Waals surface area (Å²) in [6.45, 7) is 1.27. The Hall–Kier alpha value is -4.03. The highest BCUT2D eigenvalue weighted by Gasteiger charge is 2.30. The molecular weight excluding hydrogens is 442 g/mol. The van der Waals surface area contributed by atoms with Crippen molar-refractivity contribution in [3.8, 4) is 17.6 Å². The van der Waals surface area contributed by atoms with Gasteiger partial charge in [-0.1, -0.05) is 12.1 Å². The number of hydrogen-bond donors (Lipinski definition) is 1. The number of nitrogens with zero attached hydrogens (tertiary/aromatic N) is 2. The summed E-state index contributed by atoms with van der Waals surface area (Å²) >= 11 is 0. The average molecular weight is 466 g/mol.